The van der Waals surface area contributed by atoms with E-state index in [2.05, 4.69) is 15.5 Å². The molecule has 136 valence electrons. The van der Waals surface area contributed by atoms with Gasteiger partial charge in [0.1, 0.15) is 11.9 Å². The highest BCUT2D eigenvalue weighted by atomic mass is 35.5. The van der Waals surface area contributed by atoms with Crippen molar-refractivity contribution in [3.63, 3.8) is 0 Å². The van der Waals surface area contributed by atoms with Crippen LogP contribution < -0.4 is 5.32 Å². The number of nitrogens with one attached hydrogen (secondary N) is 1. The molecule has 4 rings (SSSR count). The number of amides is 1. The van der Waals surface area contributed by atoms with E-state index < -0.39 is 0 Å². The number of carbonyl (C=O) groups is 1. The lowest BCUT2D eigenvalue weighted by Crippen LogP contribution is -2.12. The van der Waals surface area contributed by atoms with Gasteiger partial charge in [0, 0.05) is 33.8 Å². The lowest BCUT2D eigenvalue weighted by molar-refractivity contribution is 0.0998. The maximum absolute atomic E-state index is 12.7. The summed E-state index contributed by atoms with van der Waals surface area (Å²) in [5.74, 6) is 0.714. The number of nitrogens with zero attached hydrogens (tertiary/aromatic N) is 3. The van der Waals surface area contributed by atoms with Crippen LogP contribution in [0.1, 0.15) is 23.0 Å². The molecule has 0 atom stereocenters. The second-order valence-corrected chi connectivity index (χ2v) is 6.61. The van der Waals surface area contributed by atoms with Crippen molar-refractivity contribution >= 4 is 34.2 Å². The van der Waals surface area contributed by atoms with E-state index in [1.807, 2.05) is 42.7 Å². The molecule has 0 saturated carbocycles. The largest absolute Gasteiger partial charge is 0.451 e. The van der Waals surface area contributed by atoms with E-state index >= 15 is 0 Å². The second kappa shape index (κ2) is 6.89. The molecule has 1 amide bonds. The van der Waals surface area contributed by atoms with Crippen molar-refractivity contribution in [3.8, 4) is 11.4 Å². The highest BCUT2D eigenvalue weighted by Gasteiger charge is 2.18. The summed E-state index contributed by atoms with van der Waals surface area (Å²) >= 11 is 6.04. The van der Waals surface area contributed by atoms with Gasteiger partial charge in [-0.2, -0.15) is 0 Å². The summed E-state index contributed by atoms with van der Waals surface area (Å²) < 4.78 is 7.67. The van der Waals surface area contributed by atoms with Gasteiger partial charge >= 0.3 is 0 Å². The van der Waals surface area contributed by atoms with Crippen molar-refractivity contribution in [1.29, 1.82) is 0 Å². The molecule has 0 bridgehead atoms. The van der Waals surface area contributed by atoms with Gasteiger partial charge in [-0.15, -0.1) is 10.2 Å². The molecule has 0 spiro atoms. The van der Waals surface area contributed by atoms with E-state index in [1.54, 1.807) is 24.5 Å². The maximum Gasteiger partial charge on any atom is 0.291 e. The lowest BCUT2D eigenvalue weighted by atomic mass is 10.1. The predicted octanol–water partition coefficient (Wildman–Crippen LogP) is 4.93. The van der Waals surface area contributed by atoms with Crippen LogP contribution in [0.4, 0.5) is 5.69 Å². The minimum Gasteiger partial charge on any atom is -0.451 e. The molecule has 4 aromatic rings. The number of anilines is 1. The van der Waals surface area contributed by atoms with Gasteiger partial charge in [-0.05, 0) is 44.2 Å². The first-order valence-corrected chi connectivity index (χ1v) is 8.93. The Hall–Kier alpha value is -3.12. The number of halogens is 1. The molecule has 1 N–H and O–H groups in total. The molecule has 2 aromatic heterocycles. The smallest absolute Gasteiger partial charge is 0.291 e. The number of aryl methyl sites for hydroxylation is 2. The fourth-order valence-electron chi connectivity index (χ4n) is 3.04. The van der Waals surface area contributed by atoms with Crippen molar-refractivity contribution in [1.82, 2.24) is 14.8 Å². The van der Waals surface area contributed by atoms with Crippen LogP contribution in [-0.2, 0) is 6.54 Å². The van der Waals surface area contributed by atoms with Crippen LogP contribution in [0.3, 0.4) is 0 Å². The Kier molecular flexibility index (Phi) is 4.41. The van der Waals surface area contributed by atoms with Crippen LogP contribution in [0.2, 0.25) is 5.02 Å². The zero-order valence-electron chi connectivity index (χ0n) is 14.9. The second-order valence-electron chi connectivity index (χ2n) is 6.17. The fraction of sp³-hybridized carbons (Fsp3) is 0.150. The summed E-state index contributed by atoms with van der Waals surface area (Å²) in [6, 6.07) is 12.8. The number of rotatable bonds is 4. The van der Waals surface area contributed by atoms with E-state index in [0.29, 0.717) is 16.3 Å². The summed E-state index contributed by atoms with van der Waals surface area (Å²) in [4.78, 5) is 12.7. The average molecular weight is 381 g/mol. The van der Waals surface area contributed by atoms with Gasteiger partial charge in [0.25, 0.3) is 5.91 Å². The van der Waals surface area contributed by atoms with E-state index in [1.165, 1.54) is 0 Å². The minimum atomic E-state index is -0.311. The molecule has 0 aliphatic rings. The van der Waals surface area contributed by atoms with E-state index in [0.717, 1.165) is 28.9 Å². The van der Waals surface area contributed by atoms with Crippen molar-refractivity contribution in [2.45, 2.75) is 20.4 Å². The van der Waals surface area contributed by atoms with Crippen molar-refractivity contribution in [3.05, 3.63) is 65.1 Å². The third-order valence-corrected chi connectivity index (χ3v) is 4.67. The molecule has 2 aromatic carbocycles. The highest BCUT2D eigenvalue weighted by molar-refractivity contribution is 6.31. The molecule has 0 saturated heterocycles. The summed E-state index contributed by atoms with van der Waals surface area (Å²) in [7, 11) is 0. The molecular formula is C20H17ClN4O2. The van der Waals surface area contributed by atoms with Crippen LogP contribution in [0.25, 0.3) is 22.4 Å². The first kappa shape index (κ1) is 17.3. The molecule has 0 aliphatic carbocycles. The number of benzene rings is 2. The summed E-state index contributed by atoms with van der Waals surface area (Å²) in [6.45, 7) is 4.63. The fourth-order valence-corrected chi connectivity index (χ4v) is 3.22. The number of carbonyl (C=O) groups excluding carboxylic acids is 1. The Balaban J connectivity index is 1.64. The number of hydrogen-bond donors (Lipinski definition) is 1. The third kappa shape index (κ3) is 3.19. The highest BCUT2D eigenvalue weighted by Crippen LogP contribution is 2.29. The van der Waals surface area contributed by atoms with Crippen molar-refractivity contribution < 1.29 is 9.21 Å². The van der Waals surface area contributed by atoms with Crippen LogP contribution in [-0.4, -0.2) is 20.7 Å². The zero-order chi connectivity index (χ0) is 19.0. The van der Waals surface area contributed by atoms with Gasteiger partial charge < -0.3 is 14.3 Å². The first-order chi connectivity index (χ1) is 13.1. The number of furan rings is 1. The Morgan fingerprint density at radius 3 is 2.93 bits per heavy atom. The number of hydrogen-bond acceptors (Lipinski definition) is 4. The molecule has 7 heteroatoms. The maximum atomic E-state index is 12.7. The lowest BCUT2D eigenvalue weighted by Gasteiger charge is -2.07. The van der Waals surface area contributed by atoms with Crippen LogP contribution >= 0.6 is 11.6 Å². The predicted molar refractivity (Wildman–Crippen MR) is 105 cm³/mol. The average Bonchev–Trinajstić information content (AvgIpc) is 3.27. The molecular weight excluding hydrogens is 364 g/mol. The van der Waals surface area contributed by atoms with E-state index in [9.17, 15) is 4.79 Å². The SMILES string of the molecule is CCn1cnnc1-c1cccc(NC(=O)c2oc3ccc(Cl)cc3c2C)c1. The van der Waals surface area contributed by atoms with Gasteiger partial charge in [-0.1, -0.05) is 23.7 Å². The van der Waals surface area contributed by atoms with Gasteiger partial charge in [0.05, 0.1) is 0 Å². The first-order valence-electron chi connectivity index (χ1n) is 8.55. The monoisotopic (exact) mass is 380 g/mol. The van der Waals surface area contributed by atoms with Crippen LogP contribution in [0.5, 0.6) is 0 Å². The van der Waals surface area contributed by atoms with Crippen molar-refractivity contribution in [2.75, 3.05) is 5.32 Å². The summed E-state index contributed by atoms with van der Waals surface area (Å²) in [5.41, 5.74) is 2.92. The van der Waals surface area contributed by atoms with Crippen molar-refractivity contribution in [2.24, 2.45) is 0 Å². The molecule has 6 nitrogen and oxygen atoms in total. The Morgan fingerprint density at radius 1 is 1.26 bits per heavy atom. The van der Waals surface area contributed by atoms with Gasteiger partial charge in [0.2, 0.25) is 0 Å². The standard InChI is InChI=1S/C20H17ClN4O2/c1-3-25-11-22-24-19(25)13-5-4-6-15(9-13)23-20(26)18-12(2)16-10-14(21)7-8-17(16)27-18/h4-11H,3H2,1-2H3,(H,23,26). The normalized spacial score (nSPS) is 11.1. The number of fused-ring (bicyclic) bond motifs is 1. The summed E-state index contributed by atoms with van der Waals surface area (Å²) in [5, 5.41) is 12.4. The number of aromatic nitrogens is 3. The molecule has 0 fully saturated rings. The van der Waals surface area contributed by atoms with Gasteiger partial charge in [-0.3, -0.25) is 4.79 Å². The quantitative estimate of drug-likeness (QED) is 0.545. The Morgan fingerprint density at radius 2 is 2.11 bits per heavy atom. The van der Waals surface area contributed by atoms with Gasteiger partial charge in [0.15, 0.2) is 11.6 Å². The van der Waals surface area contributed by atoms with Gasteiger partial charge in [-0.25, -0.2) is 0 Å². The molecule has 0 unspecified atom stereocenters. The zero-order valence-corrected chi connectivity index (χ0v) is 15.6. The minimum absolute atomic E-state index is 0.273. The topological polar surface area (TPSA) is 73.0 Å². The third-order valence-electron chi connectivity index (χ3n) is 4.44. The Labute approximate surface area is 160 Å². The van der Waals surface area contributed by atoms with E-state index in [-0.39, 0.29) is 11.7 Å². The molecule has 2 heterocycles. The Bertz CT molecular complexity index is 1150. The van der Waals surface area contributed by atoms with E-state index in [4.69, 9.17) is 16.0 Å². The van der Waals surface area contributed by atoms with Crippen LogP contribution in [0.15, 0.2) is 53.2 Å². The van der Waals surface area contributed by atoms with Crippen LogP contribution in [0, 0.1) is 6.92 Å². The molecule has 0 radical (unpaired) electrons. The molecule has 27 heavy (non-hydrogen) atoms. The molecule has 0 aliphatic heterocycles. The summed E-state index contributed by atoms with van der Waals surface area (Å²) in [6.07, 6.45) is 1.68.